The summed E-state index contributed by atoms with van der Waals surface area (Å²) in [7, 11) is -1.97. The van der Waals surface area contributed by atoms with Crippen molar-refractivity contribution in [2.24, 2.45) is 0 Å². The van der Waals surface area contributed by atoms with Crippen molar-refractivity contribution in [3.63, 3.8) is 0 Å². The van der Waals surface area contributed by atoms with Gasteiger partial charge in [-0.05, 0) is 42.5 Å². The van der Waals surface area contributed by atoms with Crippen LogP contribution in [0.3, 0.4) is 0 Å². The van der Waals surface area contributed by atoms with Gasteiger partial charge in [-0.1, -0.05) is 0 Å². The number of hydrogen-bond acceptors (Lipinski definition) is 5. The van der Waals surface area contributed by atoms with Crippen LogP contribution >= 0.6 is 0 Å². The molecule has 7 nitrogen and oxygen atoms in total. The molecule has 0 fully saturated rings. The Morgan fingerprint density at radius 3 is 2.41 bits per heavy atom. The third kappa shape index (κ3) is 3.51. The smallest absolute Gasteiger partial charge is 0.337 e. The second-order valence-corrected chi connectivity index (χ2v) is 9.12. The molecule has 0 unspecified atom stereocenters. The third-order valence-electron chi connectivity index (χ3n) is 5.21. The van der Waals surface area contributed by atoms with Crippen molar-refractivity contribution < 1.29 is 22.7 Å². The third-order valence-corrected chi connectivity index (χ3v) is 6.34. The lowest BCUT2D eigenvalue weighted by Gasteiger charge is -2.27. The average molecular weight is 412 g/mol. The number of hydrogen-bond donors (Lipinski definition) is 1. The second-order valence-electron chi connectivity index (χ2n) is 7.11. The predicted molar refractivity (Wildman–Crippen MR) is 108 cm³/mol. The molecule has 2 heterocycles. The van der Waals surface area contributed by atoms with Gasteiger partial charge in [0, 0.05) is 53.5 Å². The summed E-state index contributed by atoms with van der Waals surface area (Å²) in [6.07, 6.45) is 1.81. The van der Waals surface area contributed by atoms with Crippen LogP contribution in [-0.2, 0) is 27.5 Å². The number of esters is 1. The van der Waals surface area contributed by atoms with E-state index in [1.165, 1.54) is 19.2 Å². The van der Waals surface area contributed by atoms with E-state index in [9.17, 15) is 18.0 Å². The van der Waals surface area contributed by atoms with Gasteiger partial charge in [0.15, 0.2) is 9.84 Å². The van der Waals surface area contributed by atoms with Gasteiger partial charge in [0.05, 0.1) is 17.6 Å². The van der Waals surface area contributed by atoms with Gasteiger partial charge in [0.1, 0.15) is 0 Å². The molecule has 0 aliphatic carbocycles. The van der Waals surface area contributed by atoms with E-state index >= 15 is 0 Å². The van der Waals surface area contributed by atoms with E-state index in [4.69, 9.17) is 4.74 Å². The minimum absolute atomic E-state index is 0.158. The number of aromatic nitrogens is 1. The lowest BCUT2D eigenvalue weighted by molar-refractivity contribution is 0.0600. The van der Waals surface area contributed by atoms with Crippen LogP contribution in [0.25, 0.3) is 10.9 Å². The molecule has 2 aromatic carbocycles. The average Bonchev–Trinajstić information content (AvgIpc) is 3.09. The SMILES string of the molecule is COC(=O)c1ccc2[nH]c3c(c2c1)CN(C(=O)c1ccc(S(C)(=O)=O)cc1)CC3. The number of amides is 1. The van der Waals surface area contributed by atoms with Crippen LogP contribution in [0.15, 0.2) is 47.4 Å². The molecular formula is C21H20N2O5S. The molecule has 1 amide bonds. The first-order valence-electron chi connectivity index (χ1n) is 9.09. The molecule has 0 spiro atoms. The van der Waals surface area contributed by atoms with Gasteiger partial charge in [-0.15, -0.1) is 0 Å². The maximum absolute atomic E-state index is 12.9. The quantitative estimate of drug-likeness (QED) is 0.667. The van der Waals surface area contributed by atoms with E-state index in [2.05, 4.69) is 4.98 Å². The van der Waals surface area contributed by atoms with Crippen LogP contribution in [0.5, 0.6) is 0 Å². The minimum atomic E-state index is -3.31. The van der Waals surface area contributed by atoms with Crippen LogP contribution in [0.1, 0.15) is 32.0 Å². The normalized spacial score (nSPS) is 13.9. The molecule has 0 saturated carbocycles. The van der Waals surface area contributed by atoms with Crippen molar-refractivity contribution in [3.05, 3.63) is 64.8 Å². The first-order chi connectivity index (χ1) is 13.8. The van der Waals surface area contributed by atoms with E-state index < -0.39 is 15.8 Å². The molecule has 1 N–H and O–H groups in total. The number of ether oxygens (including phenoxy) is 1. The number of aromatic amines is 1. The molecule has 0 bridgehead atoms. The summed E-state index contributed by atoms with van der Waals surface area (Å²) in [6.45, 7) is 0.961. The number of nitrogens with zero attached hydrogens (tertiary/aromatic N) is 1. The van der Waals surface area contributed by atoms with Crippen molar-refractivity contribution in [2.75, 3.05) is 19.9 Å². The monoisotopic (exact) mass is 412 g/mol. The first kappa shape index (κ1) is 19.2. The summed E-state index contributed by atoms with van der Waals surface area (Å²) < 4.78 is 28.0. The molecule has 1 aliphatic heterocycles. The summed E-state index contributed by atoms with van der Waals surface area (Å²) in [4.78, 5) is 30.1. The second kappa shape index (κ2) is 7.04. The number of carbonyl (C=O) groups excluding carboxylic acids is 2. The van der Waals surface area contributed by atoms with Gasteiger partial charge >= 0.3 is 5.97 Å². The van der Waals surface area contributed by atoms with Gasteiger partial charge in [-0.3, -0.25) is 4.79 Å². The molecule has 150 valence electrons. The van der Waals surface area contributed by atoms with Gasteiger partial charge < -0.3 is 14.6 Å². The molecule has 0 saturated heterocycles. The summed E-state index contributed by atoms with van der Waals surface area (Å²) >= 11 is 0. The highest BCUT2D eigenvalue weighted by atomic mass is 32.2. The summed E-state index contributed by atoms with van der Waals surface area (Å²) in [5.41, 5.74) is 3.85. The van der Waals surface area contributed by atoms with Gasteiger partial charge in [-0.25, -0.2) is 13.2 Å². The largest absolute Gasteiger partial charge is 0.465 e. The molecule has 3 aromatic rings. The Morgan fingerprint density at radius 1 is 1.07 bits per heavy atom. The lowest BCUT2D eigenvalue weighted by Crippen LogP contribution is -2.35. The number of rotatable bonds is 3. The maximum atomic E-state index is 12.9. The Bertz CT molecular complexity index is 1230. The zero-order valence-electron chi connectivity index (χ0n) is 16.1. The number of carbonyl (C=O) groups is 2. The van der Waals surface area contributed by atoms with Crippen molar-refractivity contribution in [1.82, 2.24) is 9.88 Å². The fraction of sp³-hybridized carbons (Fsp3) is 0.238. The van der Waals surface area contributed by atoms with E-state index in [1.54, 1.807) is 29.2 Å². The van der Waals surface area contributed by atoms with Crippen LogP contribution < -0.4 is 0 Å². The van der Waals surface area contributed by atoms with Gasteiger partial charge in [0.25, 0.3) is 5.91 Å². The summed E-state index contributed by atoms with van der Waals surface area (Å²) in [5, 5.41) is 0.896. The zero-order chi connectivity index (χ0) is 20.8. The van der Waals surface area contributed by atoms with E-state index in [0.29, 0.717) is 30.6 Å². The van der Waals surface area contributed by atoms with Crippen molar-refractivity contribution in [1.29, 1.82) is 0 Å². The van der Waals surface area contributed by atoms with Crippen LogP contribution in [-0.4, -0.2) is 50.1 Å². The Hall–Kier alpha value is -3.13. The number of sulfone groups is 1. The van der Waals surface area contributed by atoms with E-state index in [0.717, 1.165) is 28.4 Å². The topological polar surface area (TPSA) is 96.5 Å². The Morgan fingerprint density at radius 2 is 1.76 bits per heavy atom. The fourth-order valence-electron chi connectivity index (χ4n) is 3.66. The fourth-order valence-corrected chi connectivity index (χ4v) is 4.29. The predicted octanol–water partition coefficient (Wildman–Crippen LogP) is 2.56. The lowest BCUT2D eigenvalue weighted by atomic mass is 10.0. The van der Waals surface area contributed by atoms with Crippen LogP contribution in [0, 0.1) is 0 Å². The molecule has 8 heteroatoms. The number of fused-ring (bicyclic) bond motifs is 3. The van der Waals surface area contributed by atoms with Gasteiger partial charge in [0.2, 0.25) is 0 Å². The molecule has 4 rings (SSSR count). The minimum Gasteiger partial charge on any atom is -0.465 e. The maximum Gasteiger partial charge on any atom is 0.337 e. The van der Waals surface area contributed by atoms with Crippen LogP contribution in [0.2, 0.25) is 0 Å². The van der Waals surface area contributed by atoms with Crippen molar-refractivity contribution in [3.8, 4) is 0 Å². The standard InChI is InChI=1S/C21H20N2O5S/c1-28-21(25)14-5-8-18-16(11-14)17-12-23(10-9-19(17)22-18)20(24)13-3-6-15(7-4-13)29(2,26)27/h3-8,11,22H,9-10,12H2,1-2H3. The summed E-state index contributed by atoms with van der Waals surface area (Å²) in [5.74, 6) is -0.564. The molecule has 1 aromatic heterocycles. The number of benzene rings is 2. The Balaban J connectivity index is 1.63. The number of H-pyrrole nitrogens is 1. The molecular weight excluding hydrogens is 392 g/mol. The Labute approximate surface area is 168 Å². The molecule has 0 radical (unpaired) electrons. The van der Waals surface area contributed by atoms with Crippen LogP contribution in [0.4, 0.5) is 0 Å². The van der Waals surface area contributed by atoms with E-state index in [-0.39, 0.29) is 10.8 Å². The zero-order valence-corrected chi connectivity index (χ0v) is 16.9. The Kier molecular flexibility index (Phi) is 4.66. The van der Waals surface area contributed by atoms with Gasteiger partial charge in [-0.2, -0.15) is 0 Å². The first-order valence-corrected chi connectivity index (χ1v) is 11.0. The summed E-state index contributed by atoms with van der Waals surface area (Å²) in [6, 6.07) is 11.3. The van der Waals surface area contributed by atoms with Crippen molar-refractivity contribution >= 4 is 32.6 Å². The van der Waals surface area contributed by atoms with E-state index in [1.807, 2.05) is 6.07 Å². The molecule has 0 atom stereocenters. The molecule has 29 heavy (non-hydrogen) atoms. The number of methoxy groups -OCH3 is 1. The highest BCUT2D eigenvalue weighted by molar-refractivity contribution is 7.90. The highest BCUT2D eigenvalue weighted by Crippen LogP contribution is 2.29. The highest BCUT2D eigenvalue weighted by Gasteiger charge is 2.25. The number of nitrogens with one attached hydrogen (secondary N) is 1. The molecule has 1 aliphatic rings. The van der Waals surface area contributed by atoms with Crippen molar-refractivity contribution in [2.45, 2.75) is 17.9 Å².